The number of nitrogens with zero attached hydrogens (tertiary/aromatic N) is 1. The average Bonchev–Trinajstić information content (AvgIpc) is 3.00. The van der Waals surface area contributed by atoms with Crippen LogP contribution in [0.3, 0.4) is 0 Å². The third-order valence-corrected chi connectivity index (χ3v) is 4.78. The van der Waals surface area contributed by atoms with Gasteiger partial charge in [0.2, 0.25) is 5.91 Å². The Labute approximate surface area is 141 Å². The SMILES string of the molecule is CCC[C@H](O)[C@@H](C)C(=O)N1C(=O)O[C@@H]2[C@H]3OC(C)(C)OC[C@H]3O[C@@H]21. The van der Waals surface area contributed by atoms with Crippen LogP contribution in [-0.2, 0) is 23.7 Å². The smallest absolute Gasteiger partial charge is 0.419 e. The van der Waals surface area contributed by atoms with Crippen LogP contribution in [0, 0.1) is 5.92 Å². The zero-order valence-electron chi connectivity index (χ0n) is 14.4. The first-order valence-corrected chi connectivity index (χ1v) is 8.44. The van der Waals surface area contributed by atoms with E-state index >= 15 is 0 Å². The van der Waals surface area contributed by atoms with E-state index in [-0.39, 0.29) is 0 Å². The number of imide groups is 1. The van der Waals surface area contributed by atoms with Gasteiger partial charge in [-0.2, -0.15) is 0 Å². The fourth-order valence-corrected chi connectivity index (χ4v) is 3.38. The molecule has 6 atom stereocenters. The van der Waals surface area contributed by atoms with Crippen molar-refractivity contribution in [3.63, 3.8) is 0 Å². The van der Waals surface area contributed by atoms with Crippen LogP contribution in [0.2, 0.25) is 0 Å². The second kappa shape index (κ2) is 6.25. The molecule has 0 aromatic heterocycles. The maximum absolute atomic E-state index is 12.7. The molecule has 3 aliphatic rings. The highest BCUT2D eigenvalue weighted by Gasteiger charge is 2.61. The number of ether oxygens (including phenoxy) is 4. The molecular formula is C16H25NO7. The molecule has 136 valence electrons. The zero-order chi connectivity index (χ0) is 17.6. The molecule has 0 saturated carbocycles. The summed E-state index contributed by atoms with van der Waals surface area (Å²) in [5.74, 6) is -2.00. The van der Waals surface area contributed by atoms with E-state index in [9.17, 15) is 14.7 Å². The average molecular weight is 343 g/mol. The highest BCUT2D eigenvalue weighted by molar-refractivity contribution is 5.95. The minimum absolute atomic E-state index is 0.304. The van der Waals surface area contributed by atoms with Crippen molar-refractivity contribution in [3.8, 4) is 0 Å². The van der Waals surface area contributed by atoms with Gasteiger partial charge in [-0.1, -0.05) is 20.3 Å². The lowest BCUT2D eigenvalue weighted by Gasteiger charge is -2.37. The maximum atomic E-state index is 12.7. The Hall–Kier alpha value is -1.22. The third-order valence-electron chi connectivity index (χ3n) is 4.78. The highest BCUT2D eigenvalue weighted by Crippen LogP contribution is 2.40. The molecule has 2 amide bonds. The molecule has 3 fully saturated rings. The Kier molecular flexibility index (Phi) is 4.59. The van der Waals surface area contributed by atoms with Gasteiger partial charge >= 0.3 is 6.09 Å². The Morgan fingerprint density at radius 1 is 1.42 bits per heavy atom. The number of amides is 2. The first-order chi connectivity index (χ1) is 11.2. The maximum Gasteiger partial charge on any atom is 0.419 e. The molecule has 3 rings (SSSR count). The Morgan fingerprint density at radius 3 is 2.79 bits per heavy atom. The lowest BCUT2D eigenvalue weighted by atomic mass is 9.99. The van der Waals surface area contributed by atoms with Gasteiger partial charge in [0.1, 0.15) is 12.2 Å². The summed E-state index contributed by atoms with van der Waals surface area (Å²) in [5, 5.41) is 10.1. The second-order valence-corrected chi connectivity index (χ2v) is 7.06. The van der Waals surface area contributed by atoms with Gasteiger partial charge in [-0.15, -0.1) is 0 Å². The minimum atomic E-state index is -0.839. The van der Waals surface area contributed by atoms with Crippen molar-refractivity contribution in [2.24, 2.45) is 5.92 Å². The van der Waals surface area contributed by atoms with Gasteiger partial charge in [0, 0.05) is 0 Å². The van der Waals surface area contributed by atoms with Crippen molar-refractivity contribution in [1.29, 1.82) is 0 Å². The first-order valence-electron chi connectivity index (χ1n) is 8.44. The zero-order valence-corrected chi connectivity index (χ0v) is 14.4. The van der Waals surface area contributed by atoms with Crippen molar-refractivity contribution >= 4 is 12.0 Å². The predicted octanol–water partition coefficient (Wildman–Crippen LogP) is 1.01. The fraction of sp³-hybridized carbons (Fsp3) is 0.875. The van der Waals surface area contributed by atoms with Gasteiger partial charge < -0.3 is 24.1 Å². The van der Waals surface area contributed by atoms with Crippen LogP contribution in [0.5, 0.6) is 0 Å². The highest BCUT2D eigenvalue weighted by atomic mass is 16.8. The van der Waals surface area contributed by atoms with Crippen molar-refractivity contribution in [3.05, 3.63) is 0 Å². The molecule has 0 bridgehead atoms. The summed E-state index contributed by atoms with van der Waals surface area (Å²) >= 11 is 0. The number of carbonyl (C=O) groups excluding carboxylic acids is 2. The number of aliphatic hydroxyl groups excluding tert-OH is 1. The van der Waals surface area contributed by atoms with Gasteiger partial charge in [-0.25, -0.2) is 9.69 Å². The topological polar surface area (TPSA) is 94.5 Å². The molecule has 1 N–H and O–H groups in total. The van der Waals surface area contributed by atoms with E-state index in [0.29, 0.717) is 13.0 Å². The van der Waals surface area contributed by atoms with Crippen LogP contribution >= 0.6 is 0 Å². The number of rotatable bonds is 4. The van der Waals surface area contributed by atoms with Crippen LogP contribution in [0.1, 0.15) is 40.5 Å². The molecule has 24 heavy (non-hydrogen) atoms. The lowest BCUT2D eigenvalue weighted by Crippen LogP contribution is -2.50. The van der Waals surface area contributed by atoms with Crippen LogP contribution in [0.4, 0.5) is 4.79 Å². The fourth-order valence-electron chi connectivity index (χ4n) is 3.38. The number of hydrogen-bond donors (Lipinski definition) is 1. The largest absolute Gasteiger partial charge is 0.438 e. The first kappa shape index (κ1) is 17.6. The van der Waals surface area contributed by atoms with Crippen molar-refractivity contribution in [1.82, 2.24) is 4.90 Å². The molecule has 0 unspecified atom stereocenters. The molecule has 3 saturated heterocycles. The van der Waals surface area contributed by atoms with Crippen molar-refractivity contribution in [2.45, 2.75) is 77.0 Å². The van der Waals surface area contributed by atoms with Crippen molar-refractivity contribution in [2.75, 3.05) is 6.61 Å². The molecule has 8 nitrogen and oxygen atoms in total. The molecule has 3 aliphatic heterocycles. The normalized spacial score (nSPS) is 36.7. The summed E-state index contributed by atoms with van der Waals surface area (Å²) in [6.45, 7) is 7.38. The lowest BCUT2D eigenvalue weighted by molar-refractivity contribution is -0.301. The molecular weight excluding hydrogens is 318 g/mol. The van der Waals surface area contributed by atoms with E-state index in [2.05, 4.69) is 0 Å². The Bertz CT molecular complexity index is 523. The molecule has 0 radical (unpaired) electrons. The Balaban J connectivity index is 1.75. The molecule has 0 aromatic rings. The number of hydrogen-bond acceptors (Lipinski definition) is 7. The number of carbonyl (C=O) groups is 2. The molecule has 8 heteroatoms. The van der Waals surface area contributed by atoms with Gasteiger partial charge in [0.05, 0.1) is 18.6 Å². The number of aliphatic hydroxyl groups is 1. The van der Waals surface area contributed by atoms with Crippen LogP contribution in [0.15, 0.2) is 0 Å². The molecule has 0 aromatic carbocycles. The minimum Gasteiger partial charge on any atom is -0.438 e. The summed E-state index contributed by atoms with van der Waals surface area (Å²) in [5.41, 5.74) is 0. The quantitative estimate of drug-likeness (QED) is 0.814. The van der Waals surface area contributed by atoms with Crippen LogP contribution in [-0.4, -0.2) is 65.0 Å². The van der Waals surface area contributed by atoms with E-state index in [1.54, 1.807) is 20.8 Å². The van der Waals surface area contributed by atoms with Gasteiger partial charge in [0.25, 0.3) is 0 Å². The van der Waals surface area contributed by atoms with E-state index in [1.807, 2.05) is 6.92 Å². The molecule has 0 aliphatic carbocycles. The van der Waals surface area contributed by atoms with Crippen LogP contribution in [0.25, 0.3) is 0 Å². The van der Waals surface area contributed by atoms with Gasteiger partial charge in [-0.3, -0.25) is 4.79 Å². The standard InChI is InChI=1S/C16H25NO7/c1-5-6-9(18)8(2)13(19)17-14-12(23-15(17)20)11-10(22-14)7-21-16(3,4)24-11/h8-12,14,18H,5-7H2,1-4H3/t8-,9+,10-,11+,12-,14+/m1/s1. The number of fused-ring (bicyclic) bond motifs is 3. The second-order valence-electron chi connectivity index (χ2n) is 7.06. The monoisotopic (exact) mass is 343 g/mol. The van der Waals surface area contributed by atoms with Gasteiger partial charge in [0.15, 0.2) is 18.1 Å². The van der Waals surface area contributed by atoms with E-state index in [0.717, 1.165) is 11.3 Å². The van der Waals surface area contributed by atoms with E-state index < -0.39 is 54.3 Å². The van der Waals surface area contributed by atoms with Crippen molar-refractivity contribution < 1.29 is 33.6 Å². The Morgan fingerprint density at radius 2 is 2.12 bits per heavy atom. The summed E-state index contributed by atoms with van der Waals surface area (Å²) < 4.78 is 22.5. The summed E-state index contributed by atoms with van der Waals surface area (Å²) in [7, 11) is 0. The summed E-state index contributed by atoms with van der Waals surface area (Å²) in [6, 6.07) is 0. The van der Waals surface area contributed by atoms with Crippen LogP contribution < -0.4 is 0 Å². The predicted molar refractivity (Wildman–Crippen MR) is 80.8 cm³/mol. The van der Waals surface area contributed by atoms with Gasteiger partial charge in [-0.05, 0) is 20.3 Å². The molecule has 0 spiro atoms. The summed E-state index contributed by atoms with van der Waals surface area (Å²) in [4.78, 5) is 25.8. The molecule has 3 heterocycles. The third kappa shape index (κ3) is 2.92. The summed E-state index contributed by atoms with van der Waals surface area (Å²) in [6.07, 6.45) is -2.71. The van der Waals surface area contributed by atoms with E-state index in [4.69, 9.17) is 18.9 Å². The van der Waals surface area contributed by atoms with E-state index in [1.165, 1.54) is 0 Å².